The van der Waals surface area contributed by atoms with Gasteiger partial charge in [-0.25, -0.2) is 0 Å². The SMILES string of the molecule is CC(CC(N)=NO)NC(=O)C1CCCCC1(C)C. The fraction of sp³-hybridized carbons (Fsp3) is 0.846. The van der Waals surface area contributed by atoms with Crippen molar-refractivity contribution >= 4 is 11.7 Å². The van der Waals surface area contributed by atoms with Gasteiger partial charge in [-0.15, -0.1) is 0 Å². The summed E-state index contributed by atoms with van der Waals surface area (Å²) in [5.41, 5.74) is 5.50. The van der Waals surface area contributed by atoms with Crippen LogP contribution in [0, 0.1) is 11.3 Å². The lowest BCUT2D eigenvalue weighted by atomic mass is 9.68. The van der Waals surface area contributed by atoms with Gasteiger partial charge >= 0.3 is 0 Å². The molecule has 1 amide bonds. The molecule has 2 unspecified atom stereocenters. The molecular formula is C13H25N3O2. The quantitative estimate of drug-likeness (QED) is 0.310. The Labute approximate surface area is 109 Å². The smallest absolute Gasteiger partial charge is 0.223 e. The summed E-state index contributed by atoms with van der Waals surface area (Å²) in [6, 6.07) is -0.105. The van der Waals surface area contributed by atoms with Crippen LogP contribution in [0.4, 0.5) is 0 Å². The molecule has 0 aromatic rings. The zero-order chi connectivity index (χ0) is 13.8. The normalized spacial score (nSPS) is 25.5. The number of hydrogen-bond donors (Lipinski definition) is 3. The number of amides is 1. The molecule has 1 rings (SSSR count). The maximum Gasteiger partial charge on any atom is 0.223 e. The highest BCUT2D eigenvalue weighted by Crippen LogP contribution is 2.40. The van der Waals surface area contributed by atoms with Crippen LogP contribution in [0.3, 0.4) is 0 Å². The molecule has 4 N–H and O–H groups in total. The van der Waals surface area contributed by atoms with Gasteiger partial charge in [0.25, 0.3) is 0 Å². The lowest BCUT2D eigenvalue weighted by molar-refractivity contribution is -0.130. The third kappa shape index (κ3) is 3.89. The van der Waals surface area contributed by atoms with Crippen LogP contribution in [0.25, 0.3) is 0 Å². The van der Waals surface area contributed by atoms with Gasteiger partial charge < -0.3 is 16.3 Å². The van der Waals surface area contributed by atoms with Gasteiger partial charge in [0.1, 0.15) is 5.84 Å². The van der Waals surface area contributed by atoms with Crippen LogP contribution in [-0.2, 0) is 4.79 Å². The average molecular weight is 255 g/mol. The highest BCUT2D eigenvalue weighted by molar-refractivity contribution is 5.83. The summed E-state index contributed by atoms with van der Waals surface area (Å²) >= 11 is 0. The number of nitrogens with zero attached hydrogens (tertiary/aromatic N) is 1. The van der Waals surface area contributed by atoms with Gasteiger partial charge in [0, 0.05) is 18.4 Å². The van der Waals surface area contributed by atoms with Gasteiger partial charge in [-0.3, -0.25) is 4.79 Å². The minimum Gasteiger partial charge on any atom is -0.409 e. The molecule has 18 heavy (non-hydrogen) atoms. The highest BCUT2D eigenvalue weighted by Gasteiger charge is 2.37. The second kappa shape index (κ2) is 6.07. The lowest BCUT2D eigenvalue weighted by Gasteiger charge is -2.38. The molecule has 5 heteroatoms. The first-order valence-corrected chi connectivity index (χ1v) is 6.63. The number of oxime groups is 1. The molecule has 0 heterocycles. The van der Waals surface area contributed by atoms with Gasteiger partial charge in [0.05, 0.1) is 0 Å². The van der Waals surface area contributed by atoms with Crippen molar-refractivity contribution in [2.45, 2.75) is 58.9 Å². The van der Waals surface area contributed by atoms with Crippen molar-refractivity contribution in [3.05, 3.63) is 0 Å². The van der Waals surface area contributed by atoms with E-state index in [0.717, 1.165) is 19.3 Å². The van der Waals surface area contributed by atoms with Crippen molar-refractivity contribution in [1.82, 2.24) is 5.32 Å². The summed E-state index contributed by atoms with van der Waals surface area (Å²) in [7, 11) is 0. The molecule has 104 valence electrons. The summed E-state index contributed by atoms with van der Waals surface area (Å²) in [5, 5.41) is 14.4. The zero-order valence-corrected chi connectivity index (χ0v) is 11.6. The number of hydrogen-bond acceptors (Lipinski definition) is 3. The van der Waals surface area contributed by atoms with Gasteiger partial charge in [0.15, 0.2) is 0 Å². The van der Waals surface area contributed by atoms with E-state index in [2.05, 4.69) is 24.3 Å². The topological polar surface area (TPSA) is 87.7 Å². The van der Waals surface area contributed by atoms with E-state index in [1.807, 2.05) is 6.92 Å². The molecule has 5 nitrogen and oxygen atoms in total. The van der Waals surface area contributed by atoms with Crippen molar-refractivity contribution in [2.24, 2.45) is 22.2 Å². The number of carbonyl (C=O) groups is 1. The van der Waals surface area contributed by atoms with E-state index in [-0.39, 0.29) is 29.1 Å². The molecule has 0 aromatic carbocycles. The fourth-order valence-corrected chi connectivity index (χ4v) is 2.73. The molecule has 0 radical (unpaired) electrons. The Morgan fingerprint density at radius 1 is 1.56 bits per heavy atom. The van der Waals surface area contributed by atoms with Crippen molar-refractivity contribution < 1.29 is 10.0 Å². The van der Waals surface area contributed by atoms with Gasteiger partial charge in [-0.2, -0.15) is 0 Å². The number of carbonyl (C=O) groups excluding carboxylic acids is 1. The highest BCUT2D eigenvalue weighted by atomic mass is 16.4. The predicted octanol–water partition coefficient (Wildman–Crippen LogP) is 1.84. The Kier molecular flexibility index (Phi) is 4.99. The Bertz CT molecular complexity index is 326. The van der Waals surface area contributed by atoms with Crippen LogP contribution in [0.15, 0.2) is 5.16 Å². The Morgan fingerprint density at radius 2 is 2.22 bits per heavy atom. The predicted molar refractivity (Wildman–Crippen MR) is 71.4 cm³/mol. The second-order valence-corrected chi connectivity index (χ2v) is 5.99. The monoisotopic (exact) mass is 255 g/mol. The summed E-state index contributed by atoms with van der Waals surface area (Å²) in [4.78, 5) is 12.2. The van der Waals surface area contributed by atoms with E-state index in [1.54, 1.807) is 0 Å². The molecule has 0 spiro atoms. The summed E-state index contributed by atoms with van der Waals surface area (Å²) in [6.07, 6.45) is 4.75. The van der Waals surface area contributed by atoms with Gasteiger partial charge in [0.2, 0.25) is 5.91 Å². The molecule has 0 bridgehead atoms. The summed E-state index contributed by atoms with van der Waals surface area (Å²) in [6.45, 7) is 6.18. The molecule has 0 saturated heterocycles. The standard InChI is InChI=1S/C13H25N3O2/c1-9(8-11(14)16-18)15-12(17)10-6-4-5-7-13(10,2)3/h9-10,18H,4-8H2,1-3H3,(H2,14,16)(H,15,17). The molecule has 1 fully saturated rings. The van der Waals surface area contributed by atoms with E-state index < -0.39 is 0 Å². The summed E-state index contributed by atoms with van der Waals surface area (Å²) in [5.74, 6) is 0.310. The minimum atomic E-state index is -0.105. The van der Waals surface area contributed by atoms with Crippen molar-refractivity contribution in [1.29, 1.82) is 0 Å². The molecule has 1 aliphatic carbocycles. The van der Waals surface area contributed by atoms with Crippen LogP contribution in [0.5, 0.6) is 0 Å². The van der Waals surface area contributed by atoms with E-state index in [0.29, 0.717) is 6.42 Å². The first-order chi connectivity index (χ1) is 8.36. The number of nitrogens with one attached hydrogen (secondary N) is 1. The summed E-state index contributed by atoms with van der Waals surface area (Å²) < 4.78 is 0. The van der Waals surface area contributed by atoms with Gasteiger partial charge in [-0.05, 0) is 25.2 Å². The first kappa shape index (κ1) is 14.8. The largest absolute Gasteiger partial charge is 0.409 e. The van der Waals surface area contributed by atoms with Crippen molar-refractivity contribution in [3.63, 3.8) is 0 Å². The zero-order valence-electron chi connectivity index (χ0n) is 11.6. The Hall–Kier alpha value is -1.26. The average Bonchev–Trinajstić information content (AvgIpc) is 2.27. The molecule has 0 aromatic heterocycles. The van der Waals surface area contributed by atoms with Gasteiger partial charge in [-0.1, -0.05) is 31.8 Å². The molecule has 2 atom stereocenters. The Morgan fingerprint density at radius 3 is 2.78 bits per heavy atom. The number of rotatable bonds is 4. The van der Waals surface area contributed by atoms with Crippen LogP contribution in [-0.4, -0.2) is 23.0 Å². The molecule has 0 aliphatic heterocycles. The van der Waals surface area contributed by atoms with E-state index >= 15 is 0 Å². The minimum absolute atomic E-state index is 0.0681. The maximum absolute atomic E-state index is 12.2. The molecule has 1 saturated carbocycles. The van der Waals surface area contributed by atoms with Crippen LogP contribution >= 0.6 is 0 Å². The number of amidine groups is 1. The fourth-order valence-electron chi connectivity index (χ4n) is 2.73. The third-order valence-electron chi connectivity index (χ3n) is 3.86. The number of nitrogens with two attached hydrogens (primary N) is 1. The van der Waals surface area contributed by atoms with Crippen LogP contribution in [0.1, 0.15) is 52.9 Å². The third-order valence-corrected chi connectivity index (χ3v) is 3.86. The Balaban J connectivity index is 2.54. The van der Waals surface area contributed by atoms with Crippen molar-refractivity contribution in [3.8, 4) is 0 Å². The molecule has 1 aliphatic rings. The van der Waals surface area contributed by atoms with E-state index in [1.165, 1.54) is 6.42 Å². The molecular weight excluding hydrogens is 230 g/mol. The van der Waals surface area contributed by atoms with E-state index in [9.17, 15) is 4.79 Å². The maximum atomic E-state index is 12.2. The van der Waals surface area contributed by atoms with E-state index in [4.69, 9.17) is 10.9 Å². The first-order valence-electron chi connectivity index (χ1n) is 6.63. The van der Waals surface area contributed by atoms with Crippen molar-refractivity contribution in [2.75, 3.05) is 0 Å². The van der Waals surface area contributed by atoms with Crippen LogP contribution < -0.4 is 11.1 Å². The lowest BCUT2D eigenvalue weighted by Crippen LogP contribution is -2.45. The van der Waals surface area contributed by atoms with Crippen LogP contribution in [0.2, 0.25) is 0 Å². The second-order valence-electron chi connectivity index (χ2n) is 5.99.